The maximum absolute atomic E-state index is 11.6. The van der Waals surface area contributed by atoms with Gasteiger partial charge in [-0.25, -0.2) is 4.79 Å². The molecule has 1 atom stereocenters. The van der Waals surface area contributed by atoms with Crippen LogP contribution in [0.25, 0.3) is 0 Å². The highest BCUT2D eigenvalue weighted by Crippen LogP contribution is 2.10. The molecule has 0 fully saturated rings. The van der Waals surface area contributed by atoms with Crippen molar-refractivity contribution in [2.24, 2.45) is 0 Å². The summed E-state index contributed by atoms with van der Waals surface area (Å²) in [5, 5.41) is 22.3. The smallest absolute Gasteiger partial charge is 0.328 e. The lowest BCUT2D eigenvalue weighted by Gasteiger charge is -2.11. The number of carboxylic acid groups (broad SMARTS) is 1. The van der Waals surface area contributed by atoms with Gasteiger partial charge in [0.15, 0.2) is 0 Å². The van der Waals surface area contributed by atoms with Gasteiger partial charge in [-0.2, -0.15) is 0 Å². The second kappa shape index (κ2) is 7.25. The van der Waals surface area contributed by atoms with Crippen LogP contribution in [-0.2, 0) is 20.8 Å². The zero-order valence-electron chi connectivity index (χ0n) is 10.9. The van der Waals surface area contributed by atoms with Gasteiger partial charge in [-0.3, -0.25) is 9.59 Å². The van der Waals surface area contributed by atoms with Crippen LogP contribution in [0, 0.1) is 0 Å². The van der Waals surface area contributed by atoms with E-state index in [9.17, 15) is 14.4 Å². The predicted octanol–water partition coefficient (Wildman–Crippen LogP) is -0.251. The first-order valence-electron chi connectivity index (χ1n) is 5.92. The summed E-state index contributed by atoms with van der Waals surface area (Å²) >= 11 is 0. The van der Waals surface area contributed by atoms with Crippen molar-refractivity contribution in [1.82, 2.24) is 5.32 Å². The molecule has 108 valence electrons. The van der Waals surface area contributed by atoms with Crippen LogP contribution in [0.5, 0.6) is 0 Å². The summed E-state index contributed by atoms with van der Waals surface area (Å²) in [5.41, 5.74) is 1.28. The van der Waals surface area contributed by atoms with Crippen LogP contribution in [-0.4, -0.2) is 40.6 Å². The van der Waals surface area contributed by atoms with Crippen molar-refractivity contribution in [2.45, 2.75) is 19.4 Å². The molecule has 0 saturated heterocycles. The number of aliphatic hydroxyl groups is 1. The molecule has 0 aliphatic rings. The highest BCUT2D eigenvalue weighted by Gasteiger charge is 2.18. The molecule has 0 aliphatic heterocycles. The van der Waals surface area contributed by atoms with Crippen LogP contribution in [0.1, 0.15) is 12.5 Å². The number of benzene rings is 1. The number of carboxylic acids is 1. The van der Waals surface area contributed by atoms with Gasteiger partial charge >= 0.3 is 5.97 Å². The molecule has 0 spiro atoms. The fraction of sp³-hybridized carbons (Fsp3) is 0.308. The Labute approximate surface area is 115 Å². The minimum absolute atomic E-state index is 0.00979. The summed E-state index contributed by atoms with van der Waals surface area (Å²) in [5.74, 6) is -1.98. The molecule has 1 aromatic carbocycles. The molecule has 0 aliphatic carbocycles. The summed E-state index contributed by atoms with van der Waals surface area (Å²) in [6, 6.07) is 5.29. The predicted molar refractivity (Wildman–Crippen MR) is 71.1 cm³/mol. The molecule has 0 bridgehead atoms. The number of rotatable bonds is 6. The first-order valence-corrected chi connectivity index (χ1v) is 5.92. The zero-order valence-corrected chi connectivity index (χ0v) is 10.9. The molecule has 1 rings (SSSR count). The Morgan fingerprint density at radius 2 is 1.80 bits per heavy atom. The Morgan fingerprint density at radius 1 is 1.20 bits per heavy atom. The van der Waals surface area contributed by atoms with Gasteiger partial charge in [0, 0.05) is 12.6 Å². The van der Waals surface area contributed by atoms with E-state index in [1.807, 2.05) is 0 Å². The first kappa shape index (κ1) is 15.6. The van der Waals surface area contributed by atoms with E-state index in [2.05, 4.69) is 10.6 Å². The third-order valence-electron chi connectivity index (χ3n) is 2.45. The maximum Gasteiger partial charge on any atom is 0.328 e. The largest absolute Gasteiger partial charge is 0.480 e. The molecule has 0 radical (unpaired) electrons. The fourth-order valence-corrected chi connectivity index (χ4v) is 1.53. The van der Waals surface area contributed by atoms with Gasteiger partial charge in [-0.05, 0) is 17.7 Å². The molecular weight excluding hydrogens is 264 g/mol. The quantitative estimate of drug-likeness (QED) is 0.573. The highest BCUT2D eigenvalue weighted by atomic mass is 16.4. The minimum Gasteiger partial charge on any atom is -0.480 e. The van der Waals surface area contributed by atoms with Crippen molar-refractivity contribution in [3.63, 3.8) is 0 Å². The van der Waals surface area contributed by atoms with E-state index >= 15 is 0 Å². The third-order valence-corrected chi connectivity index (χ3v) is 2.45. The molecular formula is C13H16N2O5. The monoisotopic (exact) mass is 280 g/mol. The van der Waals surface area contributed by atoms with E-state index in [4.69, 9.17) is 10.2 Å². The molecule has 0 saturated carbocycles. The maximum atomic E-state index is 11.6. The number of hydrogen-bond donors (Lipinski definition) is 4. The third kappa shape index (κ3) is 5.07. The van der Waals surface area contributed by atoms with Crippen LogP contribution in [0.3, 0.4) is 0 Å². The van der Waals surface area contributed by atoms with Crippen molar-refractivity contribution >= 4 is 23.5 Å². The normalized spacial score (nSPS) is 11.5. The molecule has 4 N–H and O–H groups in total. The van der Waals surface area contributed by atoms with Gasteiger partial charge in [0.1, 0.15) is 6.04 Å². The summed E-state index contributed by atoms with van der Waals surface area (Å²) in [6.45, 7) is 0.727. The Bertz CT molecular complexity index is 498. The second-order valence-electron chi connectivity index (χ2n) is 4.20. The SMILES string of the molecule is CC(=O)Nc1ccc(CC(=O)N[C@H](CO)C(=O)O)cc1. The Kier molecular flexibility index (Phi) is 5.67. The van der Waals surface area contributed by atoms with Gasteiger partial charge < -0.3 is 20.8 Å². The number of hydrogen-bond acceptors (Lipinski definition) is 4. The molecule has 0 unspecified atom stereocenters. The number of nitrogens with one attached hydrogen (secondary N) is 2. The number of anilines is 1. The average Bonchev–Trinajstić information content (AvgIpc) is 2.37. The summed E-state index contributed by atoms with van der Waals surface area (Å²) in [7, 11) is 0. The lowest BCUT2D eigenvalue weighted by Crippen LogP contribution is -2.43. The average molecular weight is 280 g/mol. The minimum atomic E-state index is -1.30. The van der Waals surface area contributed by atoms with E-state index in [-0.39, 0.29) is 12.3 Å². The highest BCUT2D eigenvalue weighted by molar-refractivity contribution is 5.89. The number of carbonyl (C=O) groups is 3. The van der Waals surface area contributed by atoms with Gasteiger partial charge in [-0.1, -0.05) is 12.1 Å². The van der Waals surface area contributed by atoms with E-state index in [0.717, 1.165) is 0 Å². The van der Waals surface area contributed by atoms with Crippen LogP contribution in [0.2, 0.25) is 0 Å². The Hall–Kier alpha value is -2.41. The van der Waals surface area contributed by atoms with Crippen molar-refractivity contribution in [3.8, 4) is 0 Å². The number of amides is 2. The number of aliphatic carboxylic acids is 1. The lowest BCUT2D eigenvalue weighted by atomic mass is 10.1. The molecule has 0 aromatic heterocycles. The van der Waals surface area contributed by atoms with Crippen LogP contribution < -0.4 is 10.6 Å². The van der Waals surface area contributed by atoms with Crippen LogP contribution in [0.4, 0.5) is 5.69 Å². The summed E-state index contributed by atoms with van der Waals surface area (Å²) in [4.78, 5) is 33.1. The zero-order chi connectivity index (χ0) is 15.1. The molecule has 1 aromatic rings. The van der Waals surface area contributed by atoms with E-state index in [1.165, 1.54) is 6.92 Å². The van der Waals surface area contributed by atoms with Gasteiger partial charge in [-0.15, -0.1) is 0 Å². The molecule has 7 heteroatoms. The second-order valence-corrected chi connectivity index (χ2v) is 4.20. The number of carbonyl (C=O) groups excluding carboxylic acids is 2. The van der Waals surface area contributed by atoms with Crippen molar-refractivity contribution in [3.05, 3.63) is 29.8 Å². The van der Waals surface area contributed by atoms with Crippen molar-refractivity contribution < 1.29 is 24.6 Å². The summed E-state index contributed by atoms with van der Waals surface area (Å²) in [6.07, 6.45) is -0.00979. The fourth-order valence-electron chi connectivity index (χ4n) is 1.53. The van der Waals surface area contributed by atoms with Crippen LogP contribution in [0.15, 0.2) is 24.3 Å². The van der Waals surface area contributed by atoms with E-state index in [0.29, 0.717) is 11.3 Å². The molecule has 2 amide bonds. The van der Waals surface area contributed by atoms with Gasteiger partial charge in [0.05, 0.1) is 13.0 Å². The van der Waals surface area contributed by atoms with Crippen LogP contribution >= 0.6 is 0 Å². The van der Waals surface area contributed by atoms with Gasteiger partial charge in [0.25, 0.3) is 0 Å². The Balaban J connectivity index is 2.58. The van der Waals surface area contributed by atoms with E-state index in [1.54, 1.807) is 24.3 Å². The first-order chi connectivity index (χ1) is 9.42. The molecule has 7 nitrogen and oxygen atoms in total. The number of aliphatic hydroxyl groups excluding tert-OH is 1. The van der Waals surface area contributed by atoms with E-state index < -0.39 is 24.5 Å². The van der Waals surface area contributed by atoms with Gasteiger partial charge in [0.2, 0.25) is 11.8 Å². The topological polar surface area (TPSA) is 116 Å². The summed E-state index contributed by atoms with van der Waals surface area (Å²) < 4.78 is 0. The standard InChI is InChI=1S/C13H16N2O5/c1-8(17)14-10-4-2-9(3-5-10)6-12(18)15-11(7-16)13(19)20/h2-5,11,16H,6-7H2,1H3,(H,14,17)(H,15,18)(H,19,20)/t11-/m1/s1. The Morgan fingerprint density at radius 3 is 2.25 bits per heavy atom. The molecule has 20 heavy (non-hydrogen) atoms. The molecule has 0 heterocycles. The van der Waals surface area contributed by atoms with Crippen molar-refractivity contribution in [2.75, 3.05) is 11.9 Å². The van der Waals surface area contributed by atoms with Crippen molar-refractivity contribution in [1.29, 1.82) is 0 Å². The lowest BCUT2D eigenvalue weighted by molar-refractivity contribution is -0.142.